The average molecular weight is 312 g/mol. The average Bonchev–Trinajstić information content (AvgIpc) is 2.58. The van der Waals surface area contributed by atoms with Gasteiger partial charge in [0.1, 0.15) is 5.75 Å². The predicted molar refractivity (Wildman–Crippen MR) is 87.4 cm³/mol. The number of rotatable bonds is 5. The monoisotopic (exact) mass is 312 g/mol. The number of hydrogen-bond donors (Lipinski definition) is 2. The van der Waals surface area contributed by atoms with E-state index in [9.17, 15) is 9.90 Å². The minimum atomic E-state index is -0.730. The van der Waals surface area contributed by atoms with Gasteiger partial charge in [-0.05, 0) is 49.6 Å². The summed E-state index contributed by atoms with van der Waals surface area (Å²) in [5.74, 6) is 0.461. The lowest BCUT2D eigenvalue weighted by Gasteiger charge is -2.36. The summed E-state index contributed by atoms with van der Waals surface area (Å²) < 4.78 is 5.36. The van der Waals surface area contributed by atoms with Crippen molar-refractivity contribution in [3.8, 4) is 17.0 Å². The molecule has 1 fully saturated rings. The third kappa shape index (κ3) is 3.35. The first-order valence-electron chi connectivity index (χ1n) is 7.71. The summed E-state index contributed by atoms with van der Waals surface area (Å²) in [6, 6.07) is 10.8. The molecule has 2 N–H and O–H groups in total. The van der Waals surface area contributed by atoms with Crippen LogP contribution in [0.2, 0.25) is 0 Å². The number of amides is 1. The molecule has 0 radical (unpaired) electrons. The number of carbonyl (C=O) groups is 1. The maximum atomic E-state index is 12.3. The fourth-order valence-corrected chi connectivity index (χ4v) is 2.68. The number of benzene rings is 1. The first-order chi connectivity index (χ1) is 11.1. The molecule has 5 nitrogen and oxygen atoms in total. The number of nitrogens with zero attached hydrogens (tertiary/aromatic N) is 1. The Balaban J connectivity index is 1.81. The van der Waals surface area contributed by atoms with Gasteiger partial charge in [-0.3, -0.25) is 9.78 Å². The molecule has 3 rings (SSSR count). The third-order valence-corrected chi connectivity index (χ3v) is 4.26. The van der Waals surface area contributed by atoms with Gasteiger partial charge in [0.25, 0.3) is 5.91 Å². The second kappa shape index (κ2) is 6.38. The first-order valence-corrected chi connectivity index (χ1v) is 7.71. The molecule has 120 valence electrons. The Morgan fingerprint density at radius 1 is 1.35 bits per heavy atom. The van der Waals surface area contributed by atoms with E-state index >= 15 is 0 Å². The maximum Gasteiger partial charge on any atom is 0.251 e. The SMILES string of the molecule is COc1ccc(C(=O)NCC2(O)CCC2)cc1-c1ccccn1. The van der Waals surface area contributed by atoms with Gasteiger partial charge in [0, 0.05) is 23.9 Å². The molecule has 1 amide bonds. The first kappa shape index (κ1) is 15.5. The molecule has 23 heavy (non-hydrogen) atoms. The zero-order valence-corrected chi connectivity index (χ0v) is 13.1. The smallest absolute Gasteiger partial charge is 0.251 e. The van der Waals surface area contributed by atoms with Gasteiger partial charge in [-0.2, -0.15) is 0 Å². The lowest BCUT2D eigenvalue weighted by Crippen LogP contribution is -2.47. The minimum absolute atomic E-state index is 0.204. The van der Waals surface area contributed by atoms with Crippen LogP contribution in [-0.4, -0.2) is 35.3 Å². The summed E-state index contributed by atoms with van der Waals surface area (Å²) in [6.45, 7) is 0.288. The Morgan fingerprint density at radius 2 is 2.17 bits per heavy atom. The van der Waals surface area contributed by atoms with Gasteiger partial charge in [-0.1, -0.05) is 6.07 Å². The van der Waals surface area contributed by atoms with Gasteiger partial charge >= 0.3 is 0 Å². The number of aromatic nitrogens is 1. The van der Waals surface area contributed by atoms with Crippen molar-refractivity contribution in [2.24, 2.45) is 0 Å². The van der Waals surface area contributed by atoms with Crippen LogP contribution in [-0.2, 0) is 0 Å². The fourth-order valence-electron chi connectivity index (χ4n) is 2.68. The number of pyridine rings is 1. The van der Waals surface area contributed by atoms with Crippen LogP contribution in [0.3, 0.4) is 0 Å². The lowest BCUT2D eigenvalue weighted by atomic mass is 9.80. The van der Waals surface area contributed by atoms with Crippen molar-refractivity contribution < 1.29 is 14.6 Å². The van der Waals surface area contributed by atoms with Crippen LogP contribution in [0.5, 0.6) is 5.75 Å². The van der Waals surface area contributed by atoms with Gasteiger partial charge in [-0.15, -0.1) is 0 Å². The molecule has 5 heteroatoms. The highest BCUT2D eigenvalue weighted by atomic mass is 16.5. The molecule has 0 bridgehead atoms. The van der Waals surface area contributed by atoms with Crippen molar-refractivity contribution >= 4 is 5.91 Å². The van der Waals surface area contributed by atoms with E-state index in [1.165, 1.54) is 0 Å². The highest BCUT2D eigenvalue weighted by molar-refractivity contribution is 5.96. The molecular weight excluding hydrogens is 292 g/mol. The van der Waals surface area contributed by atoms with Crippen LogP contribution < -0.4 is 10.1 Å². The van der Waals surface area contributed by atoms with Crippen LogP contribution in [0, 0.1) is 0 Å². The second-order valence-electron chi connectivity index (χ2n) is 5.89. The number of ether oxygens (including phenoxy) is 1. The van der Waals surface area contributed by atoms with E-state index in [0.29, 0.717) is 11.3 Å². The van der Waals surface area contributed by atoms with Crippen molar-refractivity contribution in [1.82, 2.24) is 10.3 Å². The Kier molecular flexibility index (Phi) is 4.30. The Hall–Kier alpha value is -2.40. The van der Waals surface area contributed by atoms with E-state index in [0.717, 1.165) is 30.5 Å². The molecule has 1 aromatic carbocycles. The van der Waals surface area contributed by atoms with E-state index in [1.807, 2.05) is 18.2 Å². The van der Waals surface area contributed by atoms with Crippen molar-refractivity contribution in [1.29, 1.82) is 0 Å². The molecular formula is C18H20N2O3. The van der Waals surface area contributed by atoms with Crippen LogP contribution in [0.25, 0.3) is 11.3 Å². The van der Waals surface area contributed by atoms with E-state index in [4.69, 9.17) is 4.74 Å². The quantitative estimate of drug-likeness (QED) is 0.889. The zero-order chi connectivity index (χ0) is 16.3. The van der Waals surface area contributed by atoms with Gasteiger partial charge in [-0.25, -0.2) is 0 Å². The molecule has 0 unspecified atom stereocenters. The Morgan fingerprint density at radius 3 is 2.78 bits per heavy atom. The number of methoxy groups -OCH3 is 1. The lowest BCUT2D eigenvalue weighted by molar-refractivity contribution is -0.0300. The Labute approximate surface area is 135 Å². The fraction of sp³-hybridized carbons (Fsp3) is 0.333. The van der Waals surface area contributed by atoms with Crippen molar-refractivity contribution in [2.45, 2.75) is 24.9 Å². The molecule has 1 aromatic heterocycles. The summed E-state index contributed by atoms with van der Waals surface area (Å²) in [6.07, 6.45) is 4.20. The Bertz CT molecular complexity index is 697. The van der Waals surface area contributed by atoms with Crippen LogP contribution in [0.15, 0.2) is 42.6 Å². The molecule has 0 aliphatic heterocycles. The number of hydrogen-bond acceptors (Lipinski definition) is 4. The molecule has 2 aromatic rings. The molecule has 0 atom stereocenters. The van der Waals surface area contributed by atoms with Gasteiger partial charge in [0.05, 0.1) is 18.4 Å². The summed E-state index contributed by atoms with van der Waals surface area (Å²) in [4.78, 5) is 16.6. The summed E-state index contributed by atoms with van der Waals surface area (Å²) in [5.41, 5.74) is 1.31. The minimum Gasteiger partial charge on any atom is -0.496 e. The maximum absolute atomic E-state index is 12.3. The topological polar surface area (TPSA) is 71.5 Å². The summed E-state index contributed by atoms with van der Waals surface area (Å²) in [5, 5.41) is 12.9. The molecule has 0 spiro atoms. The second-order valence-corrected chi connectivity index (χ2v) is 5.89. The van der Waals surface area contributed by atoms with Crippen LogP contribution in [0.1, 0.15) is 29.6 Å². The van der Waals surface area contributed by atoms with Crippen molar-refractivity contribution in [3.63, 3.8) is 0 Å². The largest absolute Gasteiger partial charge is 0.496 e. The van der Waals surface area contributed by atoms with E-state index in [2.05, 4.69) is 10.3 Å². The molecule has 1 aliphatic rings. The van der Waals surface area contributed by atoms with E-state index in [-0.39, 0.29) is 12.5 Å². The zero-order valence-electron chi connectivity index (χ0n) is 13.1. The van der Waals surface area contributed by atoms with Crippen molar-refractivity contribution in [2.75, 3.05) is 13.7 Å². The molecule has 1 aliphatic carbocycles. The molecule has 1 heterocycles. The third-order valence-electron chi connectivity index (χ3n) is 4.26. The van der Waals surface area contributed by atoms with Crippen LogP contribution >= 0.6 is 0 Å². The number of nitrogens with one attached hydrogen (secondary N) is 1. The summed E-state index contributed by atoms with van der Waals surface area (Å²) in [7, 11) is 1.59. The van der Waals surface area contributed by atoms with Crippen molar-refractivity contribution in [3.05, 3.63) is 48.2 Å². The van der Waals surface area contributed by atoms with Gasteiger partial charge in [0.2, 0.25) is 0 Å². The predicted octanol–water partition coefficient (Wildman–Crippen LogP) is 2.40. The highest BCUT2D eigenvalue weighted by Gasteiger charge is 2.34. The normalized spacial score (nSPS) is 15.6. The standard InChI is InChI=1S/C18H20N2O3/c1-23-16-7-6-13(11-14(16)15-5-2-3-10-19-15)17(21)20-12-18(22)8-4-9-18/h2-3,5-7,10-11,22H,4,8-9,12H2,1H3,(H,20,21). The molecule has 0 saturated heterocycles. The van der Waals surface area contributed by atoms with Crippen LogP contribution in [0.4, 0.5) is 0 Å². The van der Waals surface area contributed by atoms with Gasteiger partial charge in [0.15, 0.2) is 0 Å². The molecule has 1 saturated carbocycles. The summed E-state index contributed by atoms with van der Waals surface area (Å²) >= 11 is 0. The number of aliphatic hydroxyl groups is 1. The van der Waals surface area contributed by atoms with E-state index in [1.54, 1.807) is 31.5 Å². The highest BCUT2D eigenvalue weighted by Crippen LogP contribution is 2.31. The van der Waals surface area contributed by atoms with Gasteiger partial charge < -0.3 is 15.2 Å². The van der Waals surface area contributed by atoms with E-state index < -0.39 is 5.60 Å². The number of carbonyl (C=O) groups excluding carboxylic acids is 1.